The highest BCUT2D eigenvalue weighted by Crippen LogP contribution is 2.27. The lowest BCUT2D eigenvalue weighted by Crippen LogP contribution is -2.31. The molecule has 0 aliphatic heterocycles. The first-order valence-corrected chi connectivity index (χ1v) is 7.75. The van der Waals surface area contributed by atoms with Crippen molar-refractivity contribution in [3.63, 3.8) is 0 Å². The average Bonchev–Trinajstić information content (AvgIpc) is 2.75. The van der Waals surface area contributed by atoms with Crippen molar-refractivity contribution >= 4 is 29.1 Å². The van der Waals surface area contributed by atoms with Crippen molar-refractivity contribution in [1.82, 2.24) is 4.98 Å². The van der Waals surface area contributed by atoms with Gasteiger partial charge in [-0.3, -0.25) is 4.79 Å². The molecule has 5 heteroatoms. The van der Waals surface area contributed by atoms with Crippen molar-refractivity contribution < 1.29 is 9.53 Å². The minimum Gasteiger partial charge on any atom is -0.465 e. The molecule has 0 fully saturated rings. The zero-order chi connectivity index (χ0) is 12.9. The Morgan fingerprint density at radius 3 is 2.82 bits per heavy atom. The van der Waals surface area contributed by atoms with E-state index in [9.17, 15) is 4.79 Å². The highest BCUT2D eigenvalue weighted by molar-refractivity contribution is 7.98. The van der Waals surface area contributed by atoms with Crippen LogP contribution in [0.15, 0.2) is 5.38 Å². The zero-order valence-corrected chi connectivity index (χ0v) is 12.4. The Balaban J connectivity index is 2.77. The van der Waals surface area contributed by atoms with E-state index in [-0.39, 0.29) is 5.97 Å². The van der Waals surface area contributed by atoms with Gasteiger partial charge in [0.1, 0.15) is 10.4 Å². The lowest BCUT2D eigenvalue weighted by Gasteiger charge is -2.19. The summed E-state index contributed by atoms with van der Waals surface area (Å²) in [6, 6.07) is 0. The number of rotatable bonds is 6. The van der Waals surface area contributed by atoms with Gasteiger partial charge >= 0.3 is 5.97 Å². The zero-order valence-electron chi connectivity index (χ0n) is 10.8. The van der Waals surface area contributed by atoms with Gasteiger partial charge in [-0.2, -0.15) is 11.8 Å². The van der Waals surface area contributed by atoms with Gasteiger partial charge in [-0.25, -0.2) is 4.98 Å². The maximum atomic E-state index is 11.8. The number of carbonyl (C=O) groups excluding carboxylic acids is 1. The average molecular weight is 273 g/mol. The van der Waals surface area contributed by atoms with Crippen LogP contribution < -0.4 is 0 Å². The van der Waals surface area contributed by atoms with Gasteiger partial charge in [0.2, 0.25) is 0 Å². The molecule has 96 valence electrons. The van der Waals surface area contributed by atoms with Gasteiger partial charge in [0.15, 0.2) is 0 Å². The quantitative estimate of drug-likeness (QED) is 0.746. The Hall–Kier alpha value is -0.550. The molecule has 0 aliphatic carbocycles. The summed E-state index contributed by atoms with van der Waals surface area (Å²) in [7, 11) is 0. The van der Waals surface area contributed by atoms with Crippen LogP contribution in [0.25, 0.3) is 0 Å². The Morgan fingerprint density at radius 1 is 1.53 bits per heavy atom. The molecule has 1 heterocycles. The summed E-state index contributed by atoms with van der Waals surface area (Å²) in [5.41, 5.74) is 0.161. The number of carbonyl (C=O) groups is 1. The summed E-state index contributed by atoms with van der Waals surface area (Å²) in [5.74, 6) is 1.79. The van der Waals surface area contributed by atoms with E-state index in [1.54, 1.807) is 11.3 Å². The monoisotopic (exact) mass is 273 g/mol. The van der Waals surface area contributed by atoms with Crippen molar-refractivity contribution in [2.75, 3.05) is 12.4 Å². The molecule has 0 unspecified atom stereocenters. The molecule has 0 N–H and O–H groups in total. The van der Waals surface area contributed by atoms with Gasteiger partial charge in [0, 0.05) is 11.1 Å². The number of ether oxygens (including phenoxy) is 1. The first-order valence-electron chi connectivity index (χ1n) is 5.72. The van der Waals surface area contributed by atoms with Crippen LogP contribution in [-0.2, 0) is 20.7 Å². The Labute approximate surface area is 111 Å². The second-order valence-electron chi connectivity index (χ2n) is 4.11. The van der Waals surface area contributed by atoms with Crippen LogP contribution >= 0.6 is 23.1 Å². The normalized spacial score (nSPS) is 11.5. The van der Waals surface area contributed by atoms with Crippen LogP contribution in [0.3, 0.4) is 0 Å². The van der Waals surface area contributed by atoms with Gasteiger partial charge < -0.3 is 4.74 Å². The van der Waals surface area contributed by atoms with Gasteiger partial charge in [0.25, 0.3) is 0 Å². The second-order valence-corrected chi connectivity index (χ2v) is 6.33. The van der Waals surface area contributed by atoms with Crippen LogP contribution in [0, 0.1) is 0 Å². The Morgan fingerprint density at radius 2 is 2.24 bits per heavy atom. The SMILES string of the molecule is CCOC(=O)C(C)(C)c1csc(CSCC)n1. The van der Waals surface area contributed by atoms with E-state index in [0.717, 1.165) is 22.2 Å². The fraction of sp³-hybridized carbons (Fsp3) is 0.667. The number of hydrogen-bond acceptors (Lipinski definition) is 5. The second kappa shape index (κ2) is 6.40. The van der Waals surface area contributed by atoms with Gasteiger partial charge in [-0.05, 0) is 26.5 Å². The smallest absolute Gasteiger partial charge is 0.317 e. The molecule has 0 aromatic carbocycles. The molecule has 0 aliphatic rings. The highest BCUT2D eigenvalue weighted by atomic mass is 32.2. The summed E-state index contributed by atoms with van der Waals surface area (Å²) in [4.78, 5) is 16.3. The Bertz CT molecular complexity index is 374. The molecule has 0 saturated heterocycles. The topological polar surface area (TPSA) is 39.2 Å². The maximum absolute atomic E-state index is 11.8. The van der Waals surface area contributed by atoms with Crippen molar-refractivity contribution in [3.8, 4) is 0 Å². The number of esters is 1. The van der Waals surface area contributed by atoms with E-state index in [1.807, 2.05) is 37.9 Å². The number of hydrogen-bond donors (Lipinski definition) is 0. The van der Waals surface area contributed by atoms with Crippen molar-refractivity contribution in [2.45, 2.75) is 38.9 Å². The maximum Gasteiger partial charge on any atom is 0.317 e. The third-order valence-corrected chi connectivity index (χ3v) is 4.32. The third kappa shape index (κ3) is 3.71. The van der Waals surface area contributed by atoms with Crippen LogP contribution in [0.2, 0.25) is 0 Å². The molecular weight excluding hydrogens is 254 g/mol. The number of nitrogens with zero attached hydrogens (tertiary/aromatic N) is 1. The van der Waals surface area contributed by atoms with E-state index in [2.05, 4.69) is 11.9 Å². The fourth-order valence-corrected chi connectivity index (χ4v) is 2.98. The number of thiazole rings is 1. The number of aromatic nitrogens is 1. The van der Waals surface area contributed by atoms with Gasteiger partial charge in [0.05, 0.1) is 12.3 Å². The molecule has 3 nitrogen and oxygen atoms in total. The summed E-state index contributed by atoms with van der Waals surface area (Å²) < 4.78 is 5.07. The largest absolute Gasteiger partial charge is 0.465 e. The van der Waals surface area contributed by atoms with E-state index >= 15 is 0 Å². The fourth-order valence-electron chi connectivity index (χ4n) is 1.27. The Kier molecular flexibility index (Phi) is 5.46. The van der Waals surface area contributed by atoms with E-state index in [1.165, 1.54) is 0 Å². The summed E-state index contributed by atoms with van der Waals surface area (Å²) in [5, 5.41) is 3.03. The summed E-state index contributed by atoms with van der Waals surface area (Å²) in [6.07, 6.45) is 0. The van der Waals surface area contributed by atoms with E-state index < -0.39 is 5.41 Å². The van der Waals surface area contributed by atoms with Gasteiger partial charge in [-0.1, -0.05) is 6.92 Å². The summed E-state index contributed by atoms with van der Waals surface area (Å²) >= 11 is 3.45. The molecule has 0 saturated carbocycles. The molecule has 0 amide bonds. The van der Waals surface area contributed by atoms with Crippen LogP contribution in [0.5, 0.6) is 0 Å². The predicted octanol–water partition coefficient (Wildman–Crippen LogP) is 3.24. The molecule has 1 aromatic heterocycles. The van der Waals surface area contributed by atoms with Crippen LogP contribution in [0.1, 0.15) is 38.4 Å². The van der Waals surface area contributed by atoms with E-state index in [4.69, 9.17) is 4.74 Å². The lowest BCUT2D eigenvalue weighted by atomic mass is 9.90. The van der Waals surface area contributed by atoms with Crippen molar-refractivity contribution in [1.29, 1.82) is 0 Å². The van der Waals surface area contributed by atoms with Crippen molar-refractivity contribution in [3.05, 3.63) is 16.1 Å². The van der Waals surface area contributed by atoms with Crippen molar-refractivity contribution in [2.24, 2.45) is 0 Å². The lowest BCUT2D eigenvalue weighted by molar-refractivity contribution is -0.148. The molecular formula is C12H19NO2S2. The predicted molar refractivity (Wildman–Crippen MR) is 73.6 cm³/mol. The van der Waals surface area contributed by atoms with E-state index in [0.29, 0.717) is 6.61 Å². The third-order valence-electron chi connectivity index (χ3n) is 2.41. The highest BCUT2D eigenvalue weighted by Gasteiger charge is 2.33. The minimum absolute atomic E-state index is 0.208. The summed E-state index contributed by atoms with van der Waals surface area (Å²) in [6.45, 7) is 8.07. The standard InChI is InChI=1S/C12H19NO2S2/c1-5-15-11(14)12(3,4)9-7-17-10(13-9)8-16-6-2/h7H,5-6,8H2,1-4H3. The minimum atomic E-state index is -0.651. The molecule has 0 radical (unpaired) electrons. The molecule has 0 bridgehead atoms. The first kappa shape index (κ1) is 14.5. The molecule has 17 heavy (non-hydrogen) atoms. The van der Waals surface area contributed by atoms with Crippen LogP contribution in [0.4, 0.5) is 0 Å². The molecule has 1 rings (SSSR count). The number of thioether (sulfide) groups is 1. The molecule has 0 spiro atoms. The first-order chi connectivity index (χ1) is 8.02. The molecule has 0 atom stereocenters. The molecule has 1 aromatic rings. The van der Waals surface area contributed by atoms with Gasteiger partial charge in [-0.15, -0.1) is 11.3 Å². The van der Waals surface area contributed by atoms with Crippen LogP contribution in [-0.4, -0.2) is 23.3 Å².